The lowest BCUT2D eigenvalue weighted by atomic mass is 10.2. The minimum atomic E-state index is -0.420. The van der Waals surface area contributed by atoms with E-state index in [2.05, 4.69) is 4.98 Å². The van der Waals surface area contributed by atoms with Gasteiger partial charge in [-0.05, 0) is 12.1 Å². The summed E-state index contributed by atoms with van der Waals surface area (Å²) in [5.41, 5.74) is 0.617. The zero-order chi connectivity index (χ0) is 10.8. The van der Waals surface area contributed by atoms with Crippen LogP contribution in [0, 0.1) is 10.1 Å². The molecule has 15 heavy (non-hydrogen) atoms. The van der Waals surface area contributed by atoms with E-state index in [0.29, 0.717) is 16.8 Å². The molecule has 0 saturated heterocycles. The van der Waals surface area contributed by atoms with Gasteiger partial charge in [-0.15, -0.1) is 0 Å². The number of methoxy groups -OCH3 is 1. The van der Waals surface area contributed by atoms with Crippen molar-refractivity contribution < 1.29 is 9.66 Å². The Morgan fingerprint density at radius 3 is 2.80 bits per heavy atom. The highest BCUT2D eigenvalue weighted by Gasteiger charge is 2.11. The van der Waals surface area contributed by atoms with E-state index in [4.69, 9.17) is 4.74 Å². The first-order valence-electron chi connectivity index (χ1n) is 4.30. The van der Waals surface area contributed by atoms with Gasteiger partial charge < -0.3 is 4.74 Å². The third-order valence-corrected chi connectivity index (χ3v) is 2.09. The van der Waals surface area contributed by atoms with Crippen LogP contribution in [0.3, 0.4) is 0 Å². The molecular formula is C10H8N2O3. The molecule has 0 aliphatic carbocycles. The third-order valence-electron chi connectivity index (χ3n) is 2.09. The molecule has 5 nitrogen and oxygen atoms in total. The molecule has 0 radical (unpaired) electrons. The summed E-state index contributed by atoms with van der Waals surface area (Å²) in [6, 6.07) is 8.02. The molecule has 0 bridgehead atoms. The van der Waals surface area contributed by atoms with Crippen LogP contribution in [0.25, 0.3) is 10.9 Å². The third kappa shape index (κ3) is 1.59. The summed E-state index contributed by atoms with van der Waals surface area (Å²) in [6.45, 7) is 0. The first-order valence-corrected chi connectivity index (χ1v) is 4.30. The lowest BCUT2D eigenvalue weighted by molar-refractivity contribution is -0.383. The Hall–Kier alpha value is -2.17. The Balaban J connectivity index is 2.72. The van der Waals surface area contributed by atoms with E-state index in [1.807, 2.05) is 0 Å². The highest BCUT2D eigenvalue weighted by Crippen LogP contribution is 2.25. The fourth-order valence-corrected chi connectivity index (χ4v) is 1.39. The first-order chi connectivity index (χ1) is 7.22. The van der Waals surface area contributed by atoms with Crippen molar-refractivity contribution >= 4 is 16.6 Å². The fraction of sp³-hybridized carbons (Fsp3) is 0.100. The van der Waals surface area contributed by atoms with Crippen molar-refractivity contribution in [2.45, 2.75) is 0 Å². The number of rotatable bonds is 2. The number of hydrogen-bond acceptors (Lipinski definition) is 4. The van der Waals surface area contributed by atoms with E-state index >= 15 is 0 Å². The van der Waals surface area contributed by atoms with Crippen LogP contribution in [0.5, 0.6) is 5.88 Å². The standard InChI is InChI=1S/C10H8N2O3/c1-15-10-6-5-7-8(11-10)3-2-4-9(7)12(13)14/h2-6H,1H3. The normalized spacial score (nSPS) is 10.2. The van der Waals surface area contributed by atoms with Gasteiger partial charge >= 0.3 is 0 Å². The number of ether oxygens (including phenoxy) is 1. The van der Waals surface area contributed by atoms with Crippen molar-refractivity contribution in [3.8, 4) is 5.88 Å². The van der Waals surface area contributed by atoms with E-state index in [-0.39, 0.29) is 5.69 Å². The number of nitro groups is 1. The van der Waals surface area contributed by atoms with Gasteiger partial charge in [-0.1, -0.05) is 6.07 Å². The Bertz CT molecular complexity index is 525. The largest absolute Gasteiger partial charge is 0.481 e. The van der Waals surface area contributed by atoms with E-state index < -0.39 is 4.92 Å². The maximum absolute atomic E-state index is 10.7. The molecular weight excluding hydrogens is 196 g/mol. The summed E-state index contributed by atoms with van der Waals surface area (Å²) in [5, 5.41) is 11.2. The summed E-state index contributed by atoms with van der Waals surface area (Å²) in [5.74, 6) is 0.447. The van der Waals surface area contributed by atoms with Gasteiger partial charge in [0, 0.05) is 12.1 Å². The van der Waals surface area contributed by atoms with E-state index in [1.165, 1.54) is 13.2 Å². The van der Waals surface area contributed by atoms with E-state index in [9.17, 15) is 10.1 Å². The molecule has 0 unspecified atom stereocenters. The van der Waals surface area contributed by atoms with Crippen molar-refractivity contribution in [3.63, 3.8) is 0 Å². The van der Waals surface area contributed by atoms with Crippen LogP contribution in [-0.4, -0.2) is 17.0 Å². The fourth-order valence-electron chi connectivity index (χ4n) is 1.39. The second-order valence-electron chi connectivity index (χ2n) is 2.95. The smallest absolute Gasteiger partial charge is 0.278 e. The number of nitrogens with zero attached hydrogens (tertiary/aromatic N) is 2. The van der Waals surface area contributed by atoms with Gasteiger partial charge in [-0.25, -0.2) is 4.98 Å². The van der Waals surface area contributed by atoms with Gasteiger partial charge in [0.25, 0.3) is 5.69 Å². The van der Waals surface area contributed by atoms with Crippen LogP contribution in [0.15, 0.2) is 30.3 Å². The molecule has 1 aromatic carbocycles. The molecule has 0 spiro atoms. The highest BCUT2D eigenvalue weighted by molar-refractivity contribution is 5.88. The minimum Gasteiger partial charge on any atom is -0.481 e. The molecule has 0 aliphatic rings. The predicted octanol–water partition coefficient (Wildman–Crippen LogP) is 2.15. The topological polar surface area (TPSA) is 65.3 Å². The second-order valence-corrected chi connectivity index (χ2v) is 2.95. The van der Waals surface area contributed by atoms with Crippen molar-refractivity contribution in [2.75, 3.05) is 7.11 Å². The molecule has 1 heterocycles. The molecule has 0 aliphatic heterocycles. The molecule has 0 amide bonds. The maximum atomic E-state index is 10.7. The van der Waals surface area contributed by atoms with Gasteiger partial charge in [0.05, 0.1) is 22.9 Å². The number of nitro benzene ring substituents is 1. The van der Waals surface area contributed by atoms with Crippen molar-refractivity contribution in [1.82, 2.24) is 4.98 Å². The maximum Gasteiger partial charge on any atom is 0.278 e. The lowest BCUT2D eigenvalue weighted by Gasteiger charge is -2.01. The van der Waals surface area contributed by atoms with Crippen molar-refractivity contribution in [3.05, 3.63) is 40.4 Å². The summed E-state index contributed by atoms with van der Waals surface area (Å²) >= 11 is 0. The minimum absolute atomic E-state index is 0.0580. The number of fused-ring (bicyclic) bond motifs is 1. The van der Waals surface area contributed by atoms with Crippen LogP contribution in [0.2, 0.25) is 0 Å². The SMILES string of the molecule is COc1ccc2c([N+](=O)[O-])cccc2n1. The molecule has 0 saturated carbocycles. The van der Waals surface area contributed by atoms with Crippen LogP contribution < -0.4 is 4.74 Å². The Labute approximate surface area is 85.5 Å². The molecule has 2 aromatic rings. The van der Waals surface area contributed by atoms with E-state index in [1.54, 1.807) is 24.3 Å². The molecule has 2 rings (SSSR count). The summed E-state index contributed by atoms with van der Waals surface area (Å²) in [7, 11) is 1.51. The Morgan fingerprint density at radius 2 is 2.13 bits per heavy atom. The molecule has 1 aromatic heterocycles. The average Bonchev–Trinajstić information content (AvgIpc) is 2.27. The molecule has 76 valence electrons. The average molecular weight is 204 g/mol. The van der Waals surface area contributed by atoms with Crippen LogP contribution >= 0.6 is 0 Å². The zero-order valence-corrected chi connectivity index (χ0v) is 8.01. The zero-order valence-electron chi connectivity index (χ0n) is 8.01. The van der Waals surface area contributed by atoms with Gasteiger partial charge in [-0.2, -0.15) is 0 Å². The summed E-state index contributed by atoms with van der Waals surface area (Å²) in [4.78, 5) is 14.4. The van der Waals surface area contributed by atoms with Crippen molar-refractivity contribution in [1.29, 1.82) is 0 Å². The van der Waals surface area contributed by atoms with E-state index in [0.717, 1.165) is 0 Å². The Kier molecular flexibility index (Phi) is 2.21. The summed E-state index contributed by atoms with van der Waals surface area (Å²) in [6.07, 6.45) is 0. The Morgan fingerprint density at radius 1 is 1.33 bits per heavy atom. The molecule has 5 heteroatoms. The number of benzene rings is 1. The number of non-ortho nitro benzene ring substituents is 1. The monoisotopic (exact) mass is 204 g/mol. The van der Waals surface area contributed by atoms with Crippen LogP contribution in [-0.2, 0) is 0 Å². The number of pyridine rings is 1. The highest BCUT2D eigenvalue weighted by atomic mass is 16.6. The quantitative estimate of drug-likeness (QED) is 0.555. The predicted molar refractivity (Wildman–Crippen MR) is 54.9 cm³/mol. The van der Waals surface area contributed by atoms with Gasteiger partial charge in [-0.3, -0.25) is 10.1 Å². The van der Waals surface area contributed by atoms with Crippen LogP contribution in [0.1, 0.15) is 0 Å². The van der Waals surface area contributed by atoms with Crippen molar-refractivity contribution in [2.24, 2.45) is 0 Å². The number of aromatic nitrogens is 1. The molecule has 0 atom stereocenters. The van der Waals surface area contributed by atoms with Gasteiger partial charge in [0.15, 0.2) is 0 Å². The van der Waals surface area contributed by atoms with Crippen LogP contribution in [0.4, 0.5) is 5.69 Å². The van der Waals surface area contributed by atoms with Gasteiger partial charge in [0.2, 0.25) is 5.88 Å². The molecule has 0 N–H and O–H groups in total. The number of hydrogen-bond donors (Lipinski definition) is 0. The van der Waals surface area contributed by atoms with Gasteiger partial charge in [0.1, 0.15) is 0 Å². The summed E-state index contributed by atoms with van der Waals surface area (Å²) < 4.78 is 4.94. The second kappa shape index (κ2) is 3.53. The lowest BCUT2D eigenvalue weighted by Crippen LogP contribution is -1.92. The molecule has 0 fully saturated rings. The first kappa shape index (κ1) is 9.39.